The summed E-state index contributed by atoms with van der Waals surface area (Å²) >= 11 is 0. The summed E-state index contributed by atoms with van der Waals surface area (Å²) in [6.45, 7) is 0. The van der Waals surface area contributed by atoms with E-state index >= 15 is 0 Å². The second-order valence-corrected chi connectivity index (χ2v) is 6.67. The third-order valence-electron chi connectivity index (χ3n) is 5.19. The minimum absolute atomic E-state index is 0.00241. The predicted molar refractivity (Wildman–Crippen MR) is 122 cm³/mol. The summed E-state index contributed by atoms with van der Waals surface area (Å²) < 4.78 is 49.5. The van der Waals surface area contributed by atoms with Crippen LogP contribution in [-0.2, 0) is 0 Å². The molecule has 11 heteroatoms. The number of hydrogen-bond acceptors (Lipinski definition) is 11. The van der Waals surface area contributed by atoms with Crippen molar-refractivity contribution in [1.82, 2.24) is 0 Å². The van der Waals surface area contributed by atoms with Gasteiger partial charge in [0.1, 0.15) is 5.39 Å². The summed E-state index contributed by atoms with van der Waals surface area (Å²) in [6.07, 6.45) is 0. The van der Waals surface area contributed by atoms with Gasteiger partial charge in [-0.1, -0.05) is 0 Å². The Balaban J connectivity index is 2.58. The predicted octanol–water partition coefficient (Wildman–Crippen LogP) is 3.23. The third-order valence-corrected chi connectivity index (χ3v) is 5.19. The summed E-state index contributed by atoms with van der Waals surface area (Å²) in [5.41, 5.74) is -0.696. The van der Waals surface area contributed by atoms with Gasteiger partial charge < -0.3 is 47.4 Å². The van der Waals surface area contributed by atoms with Crippen LogP contribution in [0.15, 0.2) is 15.3 Å². The summed E-state index contributed by atoms with van der Waals surface area (Å²) in [6, 6.07) is 1.48. The molecule has 0 spiro atoms. The van der Waals surface area contributed by atoms with Crippen molar-refractivity contribution in [2.45, 2.75) is 0 Å². The molecule has 1 aromatic heterocycles. The second kappa shape index (κ2) is 9.77. The minimum atomic E-state index is -0.803. The molecule has 11 nitrogen and oxygen atoms in total. The molecule has 0 amide bonds. The highest BCUT2D eigenvalue weighted by Crippen LogP contribution is 2.54. The van der Waals surface area contributed by atoms with Gasteiger partial charge in [-0.25, -0.2) is 0 Å². The fraction of sp³-hybridized carbons (Fsp3) is 0.348. The minimum Gasteiger partial charge on any atom is -0.502 e. The maximum atomic E-state index is 13.4. The van der Waals surface area contributed by atoms with E-state index in [1.165, 1.54) is 62.9 Å². The fourth-order valence-electron chi connectivity index (χ4n) is 3.75. The lowest BCUT2D eigenvalue weighted by Gasteiger charge is -2.20. The molecule has 3 rings (SSSR count). The van der Waals surface area contributed by atoms with Crippen molar-refractivity contribution < 1.29 is 47.4 Å². The molecule has 0 saturated carbocycles. The molecule has 184 valence electrons. The lowest BCUT2D eigenvalue weighted by atomic mass is 10.1. The average molecular weight is 478 g/mol. The van der Waals surface area contributed by atoms with Crippen LogP contribution in [-0.4, -0.2) is 62.0 Å². The van der Waals surface area contributed by atoms with Crippen LogP contribution in [0.5, 0.6) is 51.7 Å². The van der Waals surface area contributed by atoms with Crippen LogP contribution in [0.1, 0.15) is 0 Å². The SMILES string of the molecule is COc1cc(-c2oc3c(OC)c(OC)c(OC)c(OC)c3c(=O)c2O)c(OC)c(OC)c1OC. The van der Waals surface area contributed by atoms with Gasteiger partial charge in [0.15, 0.2) is 28.6 Å². The zero-order valence-electron chi connectivity index (χ0n) is 20.1. The molecule has 0 fully saturated rings. The molecule has 0 aliphatic carbocycles. The first-order valence-corrected chi connectivity index (χ1v) is 9.81. The number of rotatable bonds is 9. The second-order valence-electron chi connectivity index (χ2n) is 6.67. The maximum absolute atomic E-state index is 13.4. The van der Waals surface area contributed by atoms with Crippen LogP contribution in [0.4, 0.5) is 0 Å². The first kappa shape index (κ1) is 24.5. The standard InChI is InChI=1S/C23H26O11/c1-26-11-9-10(16(27-2)20(30-5)17(11)28-3)15-14(25)13(24)12-18(29-4)21(31-6)23(33-8)22(32-7)19(12)34-15/h9,25H,1-8H3. The van der Waals surface area contributed by atoms with E-state index in [9.17, 15) is 9.90 Å². The van der Waals surface area contributed by atoms with Crippen LogP contribution in [0.2, 0.25) is 0 Å². The molecule has 1 N–H and O–H groups in total. The van der Waals surface area contributed by atoms with Gasteiger partial charge in [-0.3, -0.25) is 4.79 Å². The Bertz CT molecular complexity index is 1280. The van der Waals surface area contributed by atoms with Gasteiger partial charge in [-0.15, -0.1) is 0 Å². The van der Waals surface area contributed by atoms with Crippen molar-refractivity contribution >= 4 is 11.0 Å². The lowest BCUT2D eigenvalue weighted by molar-refractivity contribution is 0.304. The molecule has 0 aliphatic rings. The van der Waals surface area contributed by atoms with E-state index in [4.69, 9.17) is 42.3 Å². The highest BCUT2D eigenvalue weighted by Gasteiger charge is 2.32. The van der Waals surface area contributed by atoms with Gasteiger partial charge in [-0.2, -0.15) is 0 Å². The Morgan fingerprint density at radius 3 is 1.56 bits per heavy atom. The number of fused-ring (bicyclic) bond motifs is 1. The van der Waals surface area contributed by atoms with Crippen molar-refractivity contribution in [3.8, 4) is 63.1 Å². The highest BCUT2D eigenvalue weighted by molar-refractivity contribution is 5.97. The summed E-state index contributed by atoms with van der Waals surface area (Å²) in [4.78, 5) is 13.4. The van der Waals surface area contributed by atoms with Crippen molar-refractivity contribution in [3.05, 3.63) is 16.3 Å². The van der Waals surface area contributed by atoms with E-state index in [-0.39, 0.29) is 68.3 Å². The molecule has 0 saturated heterocycles. The first-order valence-electron chi connectivity index (χ1n) is 9.81. The Kier molecular flexibility index (Phi) is 7.04. The molecule has 0 bridgehead atoms. The molecule has 0 radical (unpaired) electrons. The summed E-state index contributed by atoms with van der Waals surface area (Å²) in [5, 5.41) is 10.8. The van der Waals surface area contributed by atoms with E-state index in [0.29, 0.717) is 0 Å². The molecular weight excluding hydrogens is 452 g/mol. The lowest BCUT2D eigenvalue weighted by Crippen LogP contribution is -2.08. The largest absolute Gasteiger partial charge is 0.502 e. The Morgan fingerprint density at radius 2 is 1.09 bits per heavy atom. The van der Waals surface area contributed by atoms with Gasteiger partial charge in [0.05, 0.1) is 62.4 Å². The number of benzene rings is 2. The zero-order chi connectivity index (χ0) is 25.2. The first-order chi connectivity index (χ1) is 16.4. The van der Waals surface area contributed by atoms with E-state index in [0.717, 1.165) is 0 Å². The molecule has 34 heavy (non-hydrogen) atoms. The molecule has 3 aromatic rings. The quantitative estimate of drug-likeness (QED) is 0.487. The zero-order valence-corrected chi connectivity index (χ0v) is 20.1. The number of ether oxygens (including phenoxy) is 8. The van der Waals surface area contributed by atoms with Gasteiger partial charge >= 0.3 is 0 Å². The van der Waals surface area contributed by atoms with E-state index in [2.05, 4.69) is 0 Å². The summed E-state index contributed by atoms with van der Waals surface area (Å²) in [7, 11) is 11.1. The summed E-state index contributed by atoms with van der Waals surface area (Å²) in [5.74, 6) is 0.122. The van der Waals surface area contributed by atoms with Gasteiger partial charge in [0.25, 0.3) is 0 Å². The molecule has 1 heterocycles. The van der Waals surface area contributed by atoms with Crippen molar-refractivity contribution in [2.75, 3.05) is 56.9 Å². The van der Waals surface area contributed by atoms with Crippen molar-refractivity contribution in [3.63, 3.8) is 0 Å². The Labute approximate surface area is 195 Å². The van der Waals surface area contributed by atoms with E-state index < -0.39 is 11.2 Å². The molecule has 0 unspecified atom stereocenters. The van der Waals surface area contributed by atoms with Crippen LogP contribution in [0, 0.1) is 0 Å². The van der Waals surface area contributed by atoms with Crippen LogP contribution >= 0.6 is 0 Å². The van der Waals surface area contributed by atoms with Gasteiger partial charge in [-0.05, 0) is 6.07 Å². The number of aromatic hydroxyl groups is 1. The van der Waals surface area contributed by atoms with Gasteiger partial charge in [0, 0.05) is 0 Å². The fourth-order valence-corrected chi connectivity index (χ4v) is 3.75. The van der Waals surface area contributed by atoms with Crippen LogP contribution in [0.25, 0.3) is 22.3 Å². The Morgan fingerprint density at radius 1 is 0.618 bits per heavy atom. The topological polar surface area (TPSA) is 124 Å². The number of methoxy groups -OCH3 is 8. The third kappa shape index (κ3) is 3.49. The van der Waals surface area contributed by atoms with Crippen molar-refractivity contribution in [2.24, 2.45) is 0 Å². The molecule has 0 aliphatic heterocycles. The van der Waals surface area contributed by atoms with Crippen molar-refractivity contribution in [1.29, 1.82) is 0 Å². The number of hydrogen-bond donors (Lipinski definition) is 1. The average Bonchev–Trinajstić information content (AvgIpc) is 2.87. The smallest absolute Gasteiger partial charge is 0.239 e. The normalized spacial score (nSPS) is 10.6. The van der Waals surface area contributed by atoms with Crippen LogP contribution < -0.4 is 43.3 Å². The molecular formula is C23H26O11. The Hall–Kier alpha value is -4.15. The molecule has 2 aromatic carbocycles. The maximum Gasteiger partial charge on any atom is 0.239 e. The van der Waals surface area contributed by atoms with Crippen LogP contribution in [0.3, 0.4) is 0 Å². The molecule has 0 atom stereocenters. The monoisotopic (exact) mass is 478 g/mol. The van der Waals surface area contributed by atoms with E-state index in [1.54, 1.807) is 0 Å². The van der Waals surface area contributed by atoms with E-state index in [1.807, 2.05) is 0 Å². The highest BCUT2D eigenvalue weighted by atomic mass is 16.6. The van der Waals surface area contributed by atoms with Gasteiger partial charge in [0.2, 0.25) is 39.9 Å².